The van der Waals surface area contributed by atoms with Crippen molar-refractivity contribution in [3.8, 4) is 0 Å². The molecule has 5 heteroatoms. The van der Waals surface area contributed by atoms with Gasteiger partial charge in [0.25, 0.3) is 0 Å². The second kappa shape index (κ2) is 5.49. The first-order chi connectivity index (χ1) is 6.69. The lowest BCUT2D eigenvalue weighted by molar-refractivity contribution is -0.154. The molecule has 0 aliphatic rings. The van der Waals surface area contributed by atoms with Crippen LogP contribution >= 0.6 is 0 Å². The minimum absolute atomic E-state index is 0.0623. The number of hydrogen-bond acceptors (Lipinski definition) is 4. The molecule has 0 saturated heterocycles. The van der Waals surface area contributed by atoms with E-state index in [-0.39, 0.29) is 18.3 Å². The van der Waals surface area contributed by atoms with E-state index in [9.17, 15) is 13.2 Å². The van der Waals surface area contributed by atoms with Crippen molar-refractivity contribution in [3.63, 3.8) is 0 Å². The van der Waals surface area contributed by atoms with Gasteiger partial charge < -0.3 is 4.74 Å². The third-order valence-electron chi connectivity index (χ3n) is 2.33. The van der Waals surface area contributed by atoms with Crippen molar-refractivity contribution in [2.75, 3.05) is 18.6 Å². The monoisotopic (exact) mass is 236 g/mol. The Kier molecular flexibility index (Phi) is 5.28. The second-order valence-electron chi connectivity index (χ2n) is 4.36. The average Bonchev–Trinajstić information content (AvgIpc) is 2.10. The molecule has 0 aliphatic heterocycles. The van der Waals surface area contributed by atoms with Gasteiger partial charge >= 0.3 is 5.97 Å². The molecule has 0 bridgehead atoms. The van der Waals surface area contributed by atoms with Gasteiger partial charge in [-0.1, -0.05) is 6.92 Å². The fourth-order valence-corrected chi connectivity index (χ4v) is 1.47. The lowest BCUT2D eigenvalue weighted by Crippen LogP contribution is -2.26. The van der Waals surface area contributed by atoms with Gasteiger partial charge in [0, 0.05) is 6.26 Å². The van der Waals surface area contributed by atoms with Crippen LogP contribution in [0.15, 0.2) is 0 Å². The second-order valence-corrected chi connectivity index (χ2v) is 6.62. The standard InChI is InChI=1S/C10H20O4S/c1-5-10(2,3)9(11)14-7-6-8-15(4,12)13/h5-8H2,1-4H3. The zero-order valence-electron chi connectivity index (χ0n) is 9.87. The quantitative estimate of drug-likeness (QED) is 0.516. The van der Waals surface area contributed by atoms with Gasteiger partial charge in [-0.25, -0.2) is 8.42 Å². The van der Waals surface area contributed by atoms with Crippen molar-refractivity contribution >= 4 is 15.8 Å². The summed E-state index contributed by atoms with van der Waals surface area (Å²) in [5.41, 5.74) is -0.481. The van der Waals surface area contributed by atoms with Crippen LogP contribution in [0.3, 0.4) is 0 Å². The number of rotatable bonds is 6. The molecule has 0 saturated carbocycles. The van der Waals surface area contributed by atoms with Gasteiger partial charge in [0.05, 0.1) is 17.8 Å². The smallest absolute Gasteiger partial charge is 0.311 e. The first kappa shape index (κ1) is 14.4. The van der Waals surface area contributed by atoms with Crippen LogP contribution in [0.1, 0.15) is 33.6 Å². The van der Waals surface area contributed by atoms with Crippen molar-refractivity contribution in [2.24, 2.45) is 5.41 Å². The highest BCUT2D eigenvalue weighted by atomic mass is 32.2. The number of carbonyl (C=O) groups excluding carboxylic acids is 1. The molecule has 0 heterocycles. The molecule has 0 atom stereocenters. The average molecular weight is 236 g/mol. The molecule has 0 aromatic rings. The number of hydrogen-bond donors (Lipinski definition) is 0. The maximum atomic E-state index is 11.4. The van der Waals surface area contributed by atoms with Gasteiger partial charge in [0.2, 0.25) is 0 Å². The molecule has 0 rings (SSSR count). The van der Waals surface area contributed by atoms with Crippen molar-refractivity contribution < 1.29 is 17.9 Å². The molecule has 0 radical (unpaired) electrons. The molecule has 15 heavy (non-hydrogen) atoms. The summed E-state index contributed by atoms with van der Waals surface area (Å²) in [5.74, 6) is -0.203. The highest BCUT2D eigenvalue weighted by Gasteiger charge is 2.26. The largest absolute Gasteiger partial charge is 0.465 e. The highest BCUT2D eigenvalue weighted by molar-refractivity contribution is 7.90. The van der Waals surface area contributed by atoms with Gasteiger partial charge in [-0.2, -0.15) is 0 Å². The fraction of sp³-hybridized carbons (Fsp3) is 0.900. The molecular weight excluding hydrogens is 216 g/mol. The Morgan fingerprint density at radius 2 is 1.87 bits per heavy atom. The van der Waals surface area contributed by atoms with E-state index in [2.05, 4.69) is 0 Å². The summed E-state index contributed by atoms with van der Waals surface area (Å²) >= 11 is 0. The third kappa shape index (κ3) is 6.49. The fourth-order valence-electron chi connectivity index (χ4n) is 0.826. The van der Waals surface area contributed by atoms with E-state index in [1.807, 2.05) is 20.8 Å². The summed E-state index contributed by atoms with van der Waals surface area (Å²) in [5, 5.41) is 0. The van der Waals surface area contributed by atoms with Gasteiger partial charge in [-0.15, -0.1) is 0 Å². The van der Waals surface area contributed by atoms with Crippen LogP contribution in [0.2, 0.25) is 0 Å². The minimum atomic E-state index is -2.95. The van der Waals surface area contributed by atoms with Crippen LogP contribution in [0.25, 0.3) is 0 Å². The van der Waals surface area contributed by atoms with Crippen LogP contribution in [-0.2, 0) is 19.4 Å². The van der Waals surface area contributed by atoms with Gasteiger partial charge in [-0.05, 0) is 26.7 Å². The summed E-state index contributed by atoms with van der Waals surface area (Å²) in [6, 6.07) is 0. The molecule has 0 aliphatic carbocycles. The number of esters is 1. The first-order valence-corrected chi connectivity index (χ1v) is 7.10. The molecule has 0 amide bonds. The summed E-state index contributed by atoms with van der Waals surface area (Å²) in [6.07, 6.45) is 2.24. The molecule has 0 unspecified atom stereocenters. The van der Waals surface area contributed by atoms with Crippen LogP contribution in [-0.4, -0.2) is 33.0 Å². The number of ether oxygens (including phenoxy) is 1. The lowest BCUT2D eigenvalue weighted by atomic mass is 9.91. The van der Waals surface area contributed by atoms with Crippen molar-refractivity contribution in [3.05, 3.63) is 0 Å². The molecule has 0 spiro atoms. The highest BCUT2D eigenvalue weighted by Crippen LogP contribution is 2.21. The SMILES string of the molecule is CCC(C)(C)C(=O)OCCCS(C)(=O)=O. The Balaban J connectivity index is 3.84. The number of sulfone groups is 1. The van der Waals surface area contributed by atoms with Crippen molar-refractivity contribution in [1.82, 2.24) is 0 Å². The van der Waals surface area contributed by atoms with E-state index < -0.39 is 15.3 Å². The summed E-state index contributed by atoms with van der Waals surface area (Å²) in [7, 11) is -2.95. The lowest BCUT2D eigenvalue weighted by Gasteiger charge is -2.20. The number of carbonyl (C=O) groups is 1. The Bertz CT molecular complexity index is 303. The Morgan fingerprint density at radius 1 is 1.33 bits per heavy atom. The minimum Gasteiger partial charge on any atom is -0.465 e. The van der Waals surface area contributed by atoms with Crippen LogP contribution in [0.4, 0.5) is 0 Å². The summed E-state index contributed by atoms with van der Waals surface area (Å²) in [6.45, 7) is 5.71. The molecule has 4 nitrogen and oxygen atoms in total. The van der Waals surface area contributed by atoms with Gasteiger partial charge in [0.1, 0.15) is 9.84 Å². The van der Waals surface area contributed by atoms with Gasteiger partial charge in [-0.3, -0.25) is 4.79 Å². The predicted octanol–water partition coefficient (Wildman–Crippen LogP) is 1.40. The van der Waals surface area contributed by atoms with E-state index in [0.717, 1.165) is 0 Å². The Labute approximate surface area is 91.9 Å². The molecular formula is C10H20O4S. The van der Waals surface area contributed by atoms with Crippen LogP contribution in [0.5, 0.6) is 0 Å². The topological polar surface area (TPSA) is 60.4 Å². The van der Waals surface area contributed by atoms with Crippen LogP contribution < -0.4 is 0 Å². The van der Waals surface area contributed by atoms with E-state index in [1.165, 1.54) is 6.26 Å². The maximum absolute atomic E-state index is 11.4. The van der Waals surface area contributed by atoms with E-state index in [4.69, 9.17) is 4.74 Å². The maximum Gasteiger partial charge on any atom is 0.311 e. The molecule has 0 N–H and O–H groups in total. The van der Waals surface area contributed by atoms with E-state index in [1.54, 1.807) is 0 Å². The van der Waals surface area contributed by atoms with Crippen LogP contribution in [0, 0.1) is 5.41 Å². The molecule has 0 fully saturated rings. The van der Waals surface area contributed by atoms with Crippen molar-refractivity contribution in [2.45, 2.75) is 33.6 Å². The Morgan fingerprint density at radius 3 is 2.27 bits per heavy atom. The Hall–Kier alpha value is -0.580. The van der Waals surface area contributed by atoms with E-state index >= 15 is 0 Å². The molecule has 90 valence electrons. The zero-order valence-corrected chi connectivity index (χ0v) is 10.7. The summed E-state index contributed by atoms with van der Waals surface area (Å²) < 4.78 is 26.6. The third-order valence-corrected chi connectivity index (χ3v) is 3.36. The predicted molar refractivity (Wildman–Crippen MR) is 59.4 cm³/mol. The van der Waals surface area contributed by atoms with Crippen molar-refractivity contribution in [1.29, 1.82) is 0 Å². The first-order valence-electron chi connectivity index (χ1n) is 5.04. The summed E-state index contributed by atoms with van der Waals surface area (Å²) in [4.78, 5) is 11.4. The van der Waals surface area contributed by atoms with Gasteiger partial charge in [0.15, 0.2) is 0 Å². The zero-order chi connectivity index (χ0) is 12.1. The molecule has 0 aromatic heterocycles. The van der Waals surface area contributed by atoms with E-state index in [0.29, 0.717) is 12.8 Å². The molecule has 0 aromatic carbocycles. The normalized spacial score (nSPS) is 12.5.